The van der Waals surface area contributed by atoms with Crippen LogP contribution in [-0.2, 0) is 20.4 Å². The number of rotatable bonds is 2. The summed E-state index contributed by atoms with van der Waals surface area (Å²) in [7, 11) is -0.897. The monoisotopic (exact) mass is 199 g/mol. The van der Waals surface area contributed by atoms with Gasteiger partial charge in [0.2, 0.25) is 0 Å². The summed E-state index contributed by atoms with van der Waals surface area (Å²) in [4.78, 5) is 0. The van der Waals surface area contributed by atoms with Crippen LogP contribution in [0.2, 0.25) is 29.4 Å². The number of hydrogen-bond donors (Lipinski definition) is 0. The van der Waals surface area contributed by atoms with E-state index in [4.69, 9.17) is 0 Å². The predicted molar refractivity (Wildman–Crippen MR) is 49.1 cm³/mol. The molecule has 0 saturated heterocycles. The van der Waals surface area contributed by atoms with Crippen LogP contribution in [0.1, 0.15) is 0 Å². The van der Waals surface area contributed by atoms with Crippen molar-refractivity contribution in [1.82, 2.24) is 0 Å². The third-order valence-electron chi connectivity index (χ3n) is 1.72. The molecule has 0 aromatic rings. The molecule has 0 aliphatic heterocycles. The van der Waals surface area contributed by atoms with Crippen molar-refractivity contribution in [3.63, 3.8) is 0 Å². The zero-order valence-electron chi connectivity index (χ0n) is 7.52. The summed E-state index contributed by atoms with van der Waals surface area (Å²) in [6.45, 7) is 7.29. The molecule has 0 bridgehead atoms. The van der Waals surface area contributed by atoms with Crippen molar-refractivity contribution in [2.75, 3.05) is 0 Å². The third-order valence-corrected chi connectivity index (χ3v) is 4.72. The van der Waals surface area contributed by atoms with Crippen molar-refractivity contribution in [3.05, 3.63) is 24.3 Å². The Hall–Kier alpha value is 0.411. The zero-order chi connectivity index (χ0) is 8.54. The van der Waals surface area contributed by atoms with Gasteiger partial charge in [0.1, 0.15) is 0 Å². The first-order valence-corrected chi connectivity index (χ1v) is 8.52. The van der Waals surface area contributed by atoms with Crippen LogP contribution in [-0.4, -0.2) is 8.07 Å². The Kier molecular flexibility index (Phi) is 2.63. The van der Waals surface area contributed by atoms with Gasteiger partial charge in [-0.25, -0.2) is 0 Å². The van der Waals surface area contributed by atoms with Crippen LogP contribution in [0.25, 0.3) is 0 Å². The standard InChI is InChI=1S/C9H15Si.Ti/c1-10(2,3)8-9-6-4-5-7-9;/h4-7H,8H2,1-3H3;. The van der Waals surface area contributed by atoms with Crippen LogP contribution < -0.4 is 0 Å². The molecule has 0 unspecified atom stereocenters. The van der Waals surface area contributed by atoms with Gasteiger partial charge < -0.3 is 0 Å². The Morgan fingerprint density at radius 3 is 2.00 bits per heavy atom. The minimum absolute atomic E-state index is 0.379. The Balaban J connectivity index is 2.62. The van der Waals surface area contributed by atoms with E-state index < -0.39 is 8.07 Å². The van der Waals surface area contributed by atoms with Crippen LogP contribution in [0.15, 0.2) is 24.3 Å². The van der Waals surface area contributed by atoms with E-state index in [-0.39, 0.29) is 0 Å². The maximum atomic E-state index is 2.43. The van der Waals surface area contributed by atoms with Gasteiger partial charge in [0.15, 0.2) is 0 Å². The second-order valence-corrected chi connectivity index (χ2v) is 11.4. The number of allylic oxidation sites excluding steroid dienone is 4. The molecule has 0 amide bonds. The molecule has 1 aliphatic carbocycles. The van der Waals surface area contributed by atoms with Gasteiger partial charge >= 0.3 is 82.2 Å². The summed E-state index contributed by atoms with van der Waals surface area (Å²) in [5.74, 6) is 0. The first-order chi connectivity index (χ1) is 4.91. The second-order valence-electron chi connectivity index (χ2n) is 4.50. The summed E-state index contributed by atoms with van der Waals surface area (Å²) in [5, 5.41) is 0. The normalized spacial score (nSPS) is 20.9. The van der Waals surface area contributed by atoms with Gasteiger partial charge in [-0.3, -0.25) is 0 Å². The Morgan fingerprint density at radius 2 is 1.64 bits per heavy atom. The van der Waals surface area contributed by atoms with Crippen LogP contribution in [0.3, 0.4) is 0 Å². The van der Waals surface area contributed by atoms with E-state index in [2.05, 4.69) is 64.4 Å². The SMILES string of the molecule is C[Si](C)(C)C[C]1([Ti])C=CC=C1. The average Bonchev–Trinajstić information content (AvgIpc) is 2.09. The molecule has 1 aliphatic rings. The maximum absolute atomic E-state index is 2.43. The molecule has 59 valence electrons. The van der Waals surface area contributed by atoms with Gasteiger partial charge in [-0.15, -0.1) is 0 Å². The van der Waals surface area contributed by atoms with Crippen molar-refractivity contribution >= 4 is 8.07 Å². The topological polar surface area (TPSA) is 0 Å². The van der Waals surface area contributed by atoms with Crippen LogP contribution in [0.4, 0.5) is 0 Å². The van der Waals surface area contributed by atoms with Gasteiger partial charge in [-0.05, 0) is 0 Å². The molecule has 0 saturated carbocycles. The van der Waals surface area contributed by atoms with E-state index in [1.54, 1.807) is 0 Å². The fourth-order valence-electron chi connectivity index (χ4n) is 1.51. The van der Waals surface area contributed by atoms with Crippen molar-refractivity contribution in [1.29, 1.82) is 0 Å². The zero-order valence-corrected chi connectivity index (χ0v) is 10.1. The molecule has 0 spiro atoms. The summed E-state index contributed by atoms with van der Waals surface area (Å²) >= 11 is 2.32. The molecule has 0 aromatic carbocycles. The molecule has 1 rings (SSSR count). The van der Waals surface area contributed by atoms with Crippen molar-refractivity contribution < 1.29 is 20.4 Å². The molecule has 11 heavy (non-hydrogen) atoms. The van der Waals surface area contributed by atoms with E-state index in [1.165, 1.54) is 6.04 Å². The molecular weight excluding hydrogens is 184 g/mol. The summed E-state index contributed by atoms with van der Waals surface area (Å²) in [6, 6.07) is 1.37. The Bertz CT molecular complexity index is 186. The fourth-order valence-corrected chi connectivity index (χ4v) is 6.28. The molecule has 0 radical (unpaired) electrons. The van der Waals surface area contributed by atoms with Crippen LogP contribution in [0.5, 0.6) is 0 Å². The van der Waals surface area contributed by atoms with Gasteiger partial charge in [0, 0.05) is 0 Å². The first kappa shape index (κ1) is 9.50. The summed E-state index contributed by atoms with van der Waals surface area (Å²) in [6.07, 6.45) is 8.98. The van der Waals surface area contributed by atoms with Crippen molar-refractivity contribution in [2.24, 2.45) is 0 Å². The van der Waals surface area contributed by atoms with E-state index in [1.807, 2.05) is 0 Å². The molecule has 2 heteroatoms. The molecule has 0 fully saturated rings. The van der Waals surface area contributed by atoms with Crippen molar-refractivity contribution in [2.45, 2.75) is 29.4 Å². The predicted octanol–water partition coefficient (Wildman–Crippen LogP) is 3.16. The Morgan fingerprint density at radius 1 is 1.18 bits per heavy atom. The minimum atomic E-state index is -0.897. The van der Waals surface area contributed by atoms with Gasteiger partial charge in [-0.1, -0.05) is 0 Å². The first-order valence-electron chi connectivity index (χ1n) is 4.03. The van der Waals surface area contributed by atoms with E-state index in [0.29, 0.717) is 3.72 Å². The van der Waals surface area contributed by atoms with Gasteiger partial charge in [0.25, 0.3) is 0 Å². The molecule has 0 N–H and O–H groups in total. The van der Waals surface area contributed by atoms with Gasteiger partial charge in [-0.2, -0.15) is 0 Å². The van der Waals surface area contributed by atoms with E-state index in [9.17, 15) is 0 Å². The van der Waals surface area contributed by atoms with E-state index >= 15 is 0 Å². The molecule has 0 aromatic heterocycles. The van der Waals surface area contributed by atoms with Crippen LogP contribution in [0, 0.1) is 0 Å². The number of hydrogen-bond acceptors (Lipinski definition) is 0. The molecule has 0 nitrogen and oxygen atoms in total. The Labute approximate surface area is 82.2 Å². The molecule has 0 heterocycles. The summed E-state index contributed by atoms with van der Waals surface area (Å²) in [5.41, 5.74) is 0. The third kappa shape index (κ3) is 3.10. The second kappa shape index (κ2) is 3.04. The van der Waals surface area contributed by atoms with Gasteiger partial charge in [0.05, 0.1) is 0 Å². The molecular formula is C9H15SiTi. The van der Waals surface area contributed by atoms with Crippen molar-refractivity contribution in [3.8, 4) is 0 Å². The average molecular weight is 199 g/mol. The van der Waals surface area contributed by atoms with Crippen LogP contribution >= 0.6 is 0 Å². The quantitative estimate of drug-likeness (QED) is 0.599. The fraction of sp³-hybridized carbons (Fsp3) is 0.556. The summed E-state index contributed by atoms with van der Waals surface area (Å²) < 4.78 is 0.379. The van der Waals surface area contributed by atoms with E-state index in [0.717, 1.165) is 0 Å². The molecule has 0 atom stereocenters.